The van der Waals surface area contributed by atoms with Crippen molar-refractivity contribution in [3.05, 3.63) is 79.9 Å². The highest BCUT2D eigenvalue weighted by atomic mass is 32.2. The number of para-hydroxylation sites is 1. The van der Waals surface area contributed by atoms with Gasteiger partial charge in [-0.25, -0.2) is 4.99 Å². The Kier molecular flexibility index (Phi) is 4.53. The first-order chi connectivity index (χ1) is 12.6. The van der Waals surface area contributed by atoms with Crippen LogP contribution in [-0.2, 0) is 13.0 Å². The van der Waals surface area contributed by atoms with Crippen molar-refractivity contribution in [2.45, 2.75) is 18.1 Å². The van der Waals surface area contributed by atoms with Crippen LogP contribution in [-0.4, -0.2) is 9.61 Å². The zero-order valence-corrected chi connectivity index (χ0v) is 15.6. The number of aromatic nitrogens is 1. The Morgan fingerprint density at radius 2 is 2.15 bits per heavy atom. The summed E-state index contributed by atoms with van der Waals surface area (Å²) in [4.78, 5) is 17.0. The van der Waals surface area contributed by atoms with E-state index in [1.807, 2.05) is 30.3 Å². The van der Waals surface area contributed by atoms with Crippen molar-refractivity contribution in [2.75, 3.05) is 0 Å². The molecule has 1 aliphatic rings. The summed E-state index contributed by atoms with van der Waals surface area (Å²) < 4.78 is 8.77. The molecule has 0 spiro atoms. The molecule has 1 aliphatic heterocycles. The van der Waals surface area contributed by atoms with E-state index in [2.05, 4.69) is 24.2 Å². The van der Waals surface area contributed by atoms with Crippen LogP contribution in [0.15, 0.2) is 68.3 Å². The lowest BCUT2D eigenvalue weighted by Gasteiger charge is -1.95. The van der Waals surface area contributed by atoms with E-state index < -0.39 is 0 Å². The van der Waals surface area contributed by atoms with Crippen LogP contribution in [0.25, 0.3) is 12.7 Å². The number of thioether (sulfide) groups is 1. The number of hydrogen-bond acceptors (Lipinski definition) is 5. The maximum atomic E-state index is 12.4. The second kappa shape index (κ2) is 6.97. The van der Waals surface area contributed by atoms with E-state index in [4.69, 9.17) is 4.42 Å². The Balaban J connectivity index is 1.56. The van der Waals surface area contributed by atoms with Crippen LogP contribution in [0, 0.1) is 0 Å². The normalized spacial score (nSPS) is 13.7. The van der Waals surface area contributed by atoms with E-state index >= 15 is 0 Å². The van der Waals surface area contributed by atoms with Crippen molar-refractivity contribution in [3.8, 4) is 0 Å². The third-order valence-electron chi connectivity index (χ3n) is 3.97. The average Bonchev–Trinajstić information content (AvgIpc) is 3.30. The van der Waals surface area contributed by atoms with Crippen molar-refractivity contribution in [1.29, 1.82) is 0 Å². The summed E-state index contributed by atoms with van der Waals surface area (Å²) in [5, 5.41) is 1.78. The number of furan rings is 1. The summed E-state index contributed by atoms with van der Waals surface area (Å²) >= 11 is 2.87. The quantitative estimate of drug-likeness (QED) is 0.653. The highest BCUT2D eigenvalue weighted by Crippen LogP contribution is 2.33. The van der Waals surface area contributed by atoms with Crippen LogP contribution in [0.2, 0.25) is 0 Å². The number of aliphatic imine (C=N–C) groups is 1. The molecule has 0 N–H and O–H groups in total. The van der Waals surface area contributed by atoms with Crippen molar-refractivity contribution < 1.29 is 4.42 Å². The number of thiazole rings is 1. The molecule has 26 heavy (non-hydrogen) atoms. The minimum atomic E-state index is -0.0684. The second-order valence-electron chi connectivity index (χ2n) is 5.78. The van der Waals surface area contributed by atoms with Crippen LogP contribution in [0.1, 0.15) is 11.3 Å². The summed E-state index contributed by atoms with van der Waals surface area (Å²) in [5.74, 6) is 0.646. The maximum absolute atomic E-state index is 12.4. The first kappa shape index (κ1) is 16.9. The number of hydrogen-bond donors (Lipinski definition) is 0. The first-order valence-electron chi connectivity index (χ1n) is 8.08. The van der Waals surface area contributed by atoms with Gasteiger partial charge in [-0.2, -0.15) is 0 Å². The molecule has 1 aromatic carbocycles. The van der Waals surface area contributed by atoms with Gasteiger partial charge >= 0.3 is 0 Å². The Morgan fingerprint density at radius 1 is 1.31 bits per heavy atom. The Bertz CT molecular complexity index is 1180. The monoisotopic (exact) mass is 380 g/mol. The highest BCUT2D eigenvalue weighted by molar-refractivity contribution is 8.13. The van der Waals surface area contributed by atoms with Gasteiger partial charge in [0.15, 0.2) is 5.09 Å². The number of fused-ring (bicyclic) bond motifs is 1. The molecule has 3 aromatic rings. The van der Waals surface area contributed by atoms with Gasteiger partial charge in [0.1, 0.15) is 5.76 Å². The molecule has 0 saturated carbocycles. The fraction of sp³-hybridized carbons (Fsp3) is 0.100. The average molecular weight is 380 g/mol. The Morgan fingerprint density at radius 3 is 2.96 bits per heavy atom. The number of benzene rings is 1. The lowest BCUT2D eigenvalue weighted by Crippen LogP contribution is -2.30. The number of allylic oxidation sites excluding steroid dienone is 1. The SMILES string of the molecule is C=CCn1c(=C)s/c(=C/c2ccc(SC3=Nc4ccccc4C3)o2)c1=O. The molecular formula is C20H16N2O2S2. The number of rotatable bonds is 4. The van der Waals surface area contributed by atoms with Crippen LogP contribution >= 0.6 is 23.1 Å². The summed E-state index contributed by atoms with van der Waals surface area (Å²) in [6, 6.07) is 11.9. The van der Waals surface area contributed by atoms with Crippen molar-refractivity contribution in [1.82, 2.24) is 4.57 Å². The van der Waals surface area contributed by atoms with Crippen LogP contribution in [0.3, 0.4) is 0 Å². The third-order valence-corrected chi connectivity index (χ3v) is 5.83. The summed E-state index contributed by atoms with van der Waals surface area (Å²) in [6.45, 7) is 8.05. The molecule has 3 heterocycles. The molecule has 0 aliphatic carbocycles. The molecule has 0 bridgehead atoms. The van der Waals surface area contributed by atoms with Gasteiger partial charge in [0.05, 0.1) is 19.9 Å². The van der Waals surface area contributed by atoms with Crippen LogP contribution in [0.5, 0.6) is 0 Å². The molecule has 6 heteroatoms. The van der Waals surface area contributed by atoms with Gasteiger partial charge in [0.25, 0.3) is 5.56 Å². The molecule has 130 valence electrons. The fourth-order valence-electron chi connectivity index (χ4n) is 2.75. The first-order valence-corrected chi connectivity index (χ1v) is 9.72. The molecule has 0 amide bonds. The summed E-state index contributed by atoms with van der Waals surface area (Å²) in [7, 11) is 0. The largest absolute Gasteiger partial charge is 0.450 e. The molecule has 4 rings (SSSR count). The van der Waals surface area contributed by atoms with Gasteiger partial charge in [-0.1, -0.05) is 30.9 Å². The summed E-state index contributed by atoms with van der Waals surface area (Å²) in [6.07, 6.45) is 4.27. The fourth-order valence-corrected chi connectivity index (χ4v) is 4.53. The van der Waals surface area contributed by atoms with E-state index in [1.165, 1.54) is 28.7 Å². The summed E-state index contributed by atoms with van der Waals surface area (Å²) in [5.41, 5.74) is 2.19. The van der Waals surface area contributed by atoms with Crippen molar-refractivity contribution >= 4 is 46.5 Å². The Hall–Kier alpha value is -2.57. The van der Waals surface area contributed by atoms with Gasteiger partial charge in [-0.05, 0) is 35.5 Å². The predicted molar refractivity (Wildman–Crippen MR) is 109 cm³/mol. The van der Waals surface area contributed by atoms with Crippen molar-refractivity contribution in [2.24, 2.45) is 4.99 Å². The van der Waals surface area contributed by atoms with E-state index in [0.717, 1.165) is 22.2 Å². The molecule has 0 unspecified atom stereocenters. The molecular weight excluding hydrogens is 364 g/mol. The number of nitrogens with zero attached hydrogens (tertiary/aromatic N) is 2. The van der Waals surface area contributed by atoms with Crippen LogP contribution < -0.4 is 14.8 Å². The Labute approximate surface area is 158 Å². The molecule has 0 fully saturated rings. The lowest BCUT2D eigenvalue weighted by molar-refractivity contribution is 0.467. The van der Waals surface area contributed by atoms with E-state index in [9.17, 15) is 4.79 Å². The molecule has 2 aromatic heterocycles. The maximum Gasteiger partial charge on any atom is 0.269 e. The lowest BCUT2D eigenvalue weighted by atomic mass is 10.2. The third kappa shape index (κ3) is 3.25. The van der Waals surface area contributed by atoms with E-state index in [0.29, 0.717) is 21.5 Å². The second-order valence-corrected chi connectivity index (χ2v) is 7.97. The van der Waals surface area contributed by atoms with Gasteiger partial charge < -0.3 is 4.42 Å². The minimum Gasteiger partial charge on any atom is -0.450 e. The standard InChI is InChI=1S/C20H16N2O2S2/c1-3-10-22-13(2)25-17(20(22)23)12-15-8-9-19(24-15)26-18-11-14-6-4-5-7-16(14)21-18/h3-9,12H,1-2,10-11H2/b17-12+. The van der Waals surface area contributed by atoms with Crippen LogP contribution in [0.4, 0.5) is 5.69 Å². The van der Waals surface area contributed by atoms with Gasteiger partial charge in [-0.15, -0.1) is 17.9 Å². The molecule has 0 atom stereocenters. The van der Waals surface area contributed by atoms with E-state index in [-0.39, 0.29) is 5.56 Å². The highest BCUT2D eigenvalue weighted by Gasteiger charge is 2.16. The molecule has 0 saturated heterocycles. The van der Waals surface area contributed by atoms with Gasteiger partial charge in [0.2, 0.25) is 0 Å². The zero-order valence-electron chi connectivity index (χ0n) is 14.0. The van der Waals surface area contributed by atoms with Gasteiger partial charge in [0, 0.05) is 19.0 Å². The van der Waals surface area contributed by atoms with Crippen molar-refractivity contribution in [3.63, 3.8) is 0 Å². The zero-order chi connectivity index (χ0) is 18.1. The van der Waals surface area contributed by atoms with Gasteiger partial charge in [-0.3, -0.25) is 9.36 Å². The smallest absolute Gasteiger partial charge is 0.269 e. The molecule has 4 nitrogen and oxygen atoms in total. The van der Waals surface area contributed by atoms with E-state index in [1.54, 1.807) is 16.7 Å². The predicted octanol–water partition coefficient (Wildman–Crippen LogP) is 3.31. The topological polar surface area (TPSA) is 47.5 Å². The molecule has 0 radical (unpaired) electrons. The minimum absolute atomic E-state index is 0.0684.